The fraction of sp³-hybridized carbons (Fsp3) is 0.375. The smallest absolute Gasteiger partial charge is 0.250 e. The van der Waals surface area contributed by atoms with Gasteiger partial charge in [-0.1, -0.05) is 0 Å². The summed E-state index contributed by atoms with van der Waals surface area (Å²) in [6.45, 7) is 0.236. The van der Waals surface area contributed by atoms with Crippen LogP contribution in [-0.4, -0.2) is 36.6 Å². The number of nitrogens with one attached hydrogen (secondary N) is 2. The molecule has 23 heavy (non-hydrogen) atoms. The first-order chi connectivity index (χ1) is 11.3. The molecule has 0 spiro atoms. The number of aromatic nitrogens is 2. The number of hydrogen-bond donors (Lipinski definition) is 2. The molecule has 0 radical (unpaired) electrons. The van der Waals surface area contributed by atoms with E-state index in [1.54, 1.807) is 0 Å². The average Bonchev–Trinajstić information content (AvgIpc) is 3.13. The number of rotatable bonds is 5. The van der Waals surface area contributed by atoms with Crippen LogP contribution in [0.5, 0.6) is 11.5 Å². The highest BCUT2D eigenvalue weighted by molar-refractivity contribution is 5.96. The van der Waals surface area contributed by atoms with Gasteiger partial charge in [-0.15, -0.1) is 0 Å². The van der Waals surface area contributed by atoms with Gasteiger partial charge in [0.05, 0.1) is 11.4 Å². The van der Waals surface area contributed by atoms with E-state index in [0.29, 0.717) is 17.4 Å². The van der Waals surface area contributed by atoms with Gasteiger partial charge in [0.2, 0.25) is 12.7 Å². The molecule has 2 heterocycles. The van der Waals surface area contributed by atoms with Gasteiger partial charge in [-0.05, 0) is 31.0 Å². The lowest BCUT2D eigenvalue weighted by molar-refractivity contribution is -0.119. The summed E-state index contributed by atoms with van der Waals surface area (Å²) in [4.78, 5) is 12.0. The molecule has 4 rings (SSSR count). The molecular weight excluding hydrogens is 298 g/mol. The predicted octanol–water partition coefficient (Wildman–Crippen LogP) is 2.27. The molecule has 2 N–H and O–H groups in total. The number of aromatic amines is 1. The lowest BCUT2D eigenvalue weighted by Gasteiger charge is -2.08. The minimum absolute atomic E-state index is 0.00979. The third kappa shape index (κ3) is 2.63. The van der Waals surface area contributed by atoms with Gasteiger partial charge >= 0.3 is 0 Å². The molecule has 2 aromatic rings. The summed E-state index contributed by atoms with van der Waals surface area (Å²) in [5, 5.41) is 10.4. The Morgan fingerprint density at radius 1 is 1.39 bits per heavy atom. The monoisotopic (exact) mass is 315 g/mol. The molecule has 1 amide bonds. The van der Waals surface area contributed by atoms with Crippen molar-refractivity contribution in [2.24, 2.45) is 0 Å². The summed E-state index contributed by atoms with van der Waals surface area (Å²) in [7, 11) is 1.50. The van der Waals surface area contributed by atoms with Crippen molar-refractivity contribution in [2.75, 3.05) is 25.8 Å². The third-order valence-corrected chi connectivity index (χ3v) is 3.97. The van der Waals surface area contributed by atoms with Gasteiger partial charge in [0, 0.05) is 18.6 Å². The Labute approximate surface area is 132 Å². The maximum absolute atomic E-state index is 12.0. The lowest BCUT2D eigenvalue weighted by atomic mass is 10.1. The Bertz CT molecular complexity index is 752. The van der Waals surface area contributed by atoms with E-state index in [0.717, 1.165) is 35.5 Å². The van der Waals surface area contributed by atoms with Crippen LogP contribution >= 0.6 is 0 Å². The van der Waals surface area contributed by atoms with Gasteiger partial charge in [-0.2, -0.15) is 5.10 Å². The minimum atomic E-state index is -0.196. The van der Waals surface area contributed by atoms with Crippen LogP contribution in [0.1, 0.15) is 24.5 Å². The number of amides is 1. The Morgan fingerprint density at radius 3 is 3.00 bits per heavy atom. The summed E-state index contributed by atoms with van der Waals surface area (Å²) in [6, 6.07) is 5.64. The maximum Gasteiger partial charge on any atom is 0.250 e. The zero-order valence-corrected chi connectivity index (χ0v) is 12.7. The van der Waals surface area contributed by atoms with Crippen LogP contribution in [0.4, 0.5) is 5.69 Å². The van der Waals surface area contributed by atoms with E-state index in [4.69, 9.17) is 14.2 Å². The van der Waals surface area contributed by atoms with Gasteiger partial charge in [0.25, 0.3) is 0 Å². The van der Waals surface area contributed by atoms with E-state index in [1.807, 2.05) is 18.2 Å². The molecule has 1 aliphatic carbocycles. The first-order valence-corrected chi connectivity index (χ1v) is 7.53. The molecule has 1 fully saturated rings. The number of fused-ring (bicyclic) bond motifs is 1. The van der Waals surface area contributed by atoms with Crippen molar-refractivity contribution >= 4 is 11.6 Å². The van der Waals surface area contributed by atoms with Crippen LogP contribution in [0.15, 0.2) is 18.2 Å². The number of hydrogen-bond acceptors (Lipinski definition) is 5. The number of H-pyrrole nitrogens is 1. The molecular formula is C16H17N3O4. The van der Waals surface area contributed by atoms with Crippen molar-refractivity contribution < 1.29 is 19.0 Å². The molecule has 0 atom stereocenters. The number of nitrogens with zero attached hydrogens (tertiary/aromatic N) is 1. The Kier molecular flexibility index (Phi) is 3.42. The van der Waals surface area contributed by atoms with E-state index in [-0.39, 0.29) is 19.3 Å². The van der Waals surface area contributed by atoms with Gasteiger partial charge in [0.1, 0.15) is 12.3 Å². The van der Waals surface area contributed by atoms with Crippen molar-refractivity contribution in [1.29, 1.82) is 0 Å². The molecule has 1 saturated carbocycles. The number of carbonyl (C=O) groups is 1. The zero-order valence-electron chi connectivity index (χ0n) is 12.7. The van der Waals surface area contributed by atoms with Crippen LogP contribution < -0.4 is 14.8 Å². The zero-order chi connectivity index (χ0) is 15.8. The summed E-state index contributed by atoms with van der Waals surface area (Å²) in [5.74, 6) is 1.64. The molecule has 1 aromatic heterocycles. The Balaban J connectivity index is 1.71. The average molecular weight is 315 g/mol. The molecule has 120 valence electrons. The van der Waals surface area contributed by atoms with Crippen LogP contribution in [0.2, 0.25) is 0 Å². The number of anilines is 1. The second-order valence-corrected chi connectivity index (χ2v) is 5.68. The molecule has 0 unspecified atom stereocenters. The summed E-state index contributed by atoms with van der Waals surface area (Å²) >= 11 is 0. The second-order valence-electron chi connectivity index (χ2n) is 5.68. The topological polar surface area (TPSA) is 85.5 Å². The summed E-state index contributed by atoms with van der Waals surface area (Å²) in [6.07, 6.45) is 2.21. The largest absolute Gasteiger partial charge is 0.454 e. The molecule has 7 heteroatoms. The van der Waals surface area contributed by atoms with Crippen LogP contribution in [0.25, 0.3) is 11.3 Å². The van der Waals surface area contributed by atoms with Crippen LogP contribution in [0.3, 0.4) is 0 Å². The van der Waals surface area contributed by atoms with Crippen molar-refractivity contribution in [1.82, 2.24) is 10.2 Å². The van der Waals surface area contributed by atoms with E-state index in [1.165, 1.54) is 7.11 Å². The number of methoxy groups -OCH3 is 1. The highest BCUT2D eigenvalue weighted by Crippen LogP contribution is 2.46. The first kappa shape index (κ1) is 14.1. The summed E-state index contributed by atoms with van der Waals surface area (Å²) in [5.41, 5.74) is 3.27. The van der Waals surface area contributed by atoms with Crippen molar-refractivity contribution in [3.05, 3.63) is 23.9 Å². The number of carbonyl (C=O) groups excluding carboxylic acids is 1. The van der Waals surface area contributed by atoms with Gasteiger partial charge < -0.3 is 19.5 Å². The standard InChI is InChI=1S/C16H17N3O4/c1-21-7-13(20)17-16-14(9-2-3-9)18-19-15(16)10-4-5-11-12(6-10)23-8-22-11/h4-6,9H,2-3,7-8H2,1H3,(H,17,20)(H,18,19). The third-order valence-electron chi connectivity index (χ3n) is 3.97. The van der Waals surface area contributed by atoms with Crippen LogP contribution in [0, 0.1) is 0 Å². The van der Waals surface area contributed by atoms with Crippen LogP contribution in [-0.2, 0) is 9.53 Å². The molecule has 0 bridgehead atoms. The van der Waals surface area contributed by atoms with Gasteiger partial charge in [0.15, 0.2) is 11.5 Å². The van der Waals surface area contributed by atoms with Gasteiger partial charge in [-0.25, -0.2) is 0 Å². The molecule has 0 saturated heterocycles. The number of benzene rings is 1. The van der Waals surface area contributed by atoms with Crippen molar-refractivity contribution in [3.63, 3.8) is 0 Å². The van der Waals surface area contributed by atoms with E-state index in [9.17, 15) is 4.79 Å². The fourth-order valence-electron chi connectivity index (χ4n) is 2.71. The quantitative estimate of drug-likeness (QED) is 0.884. The Hall–Kier alpha value is -2.54. The first-order valence-electron chi connectivity index (χ1n) is 7.53. The molecule has 7 nitrogen and oxygen atoms in total. The second kappa shape index (κ2) is 5.58. The minimum Gasteiger partial charge on any atom is -0.454 e. The number of ether oxygens (including phenoxy) is 3. The van der Waals surface area contributed by atoms with Crippen molar-refractivity contribution in [2.45, 2.75) is 18.8 Å². The van der Waals surface area contributed by atoms with E-state index in [2.05, 4.69) is 15.5 Å². The van der Waals surface area contributed by atoms with Crippen molar-refractivity contribution in [3.8, 4) is 22.8 Å². The maximum atomic E-state index is 12.0. The molecule has 2 aliphatic rings. The highest BCUT2D eigenvalue weighted by atomic mass is 16.7. The fourth-order valence-corrected chi connectivity index (χ4v) is 2.71. The van der Waals surface area contributed by atoms with Gasteiger partial charge in [-0.3, -0.25) is 9.89 Å². The SMILES string of the molecule is COCC(=O)Nc1c(-c2ccc3c(c2)OCO3)n[nH]c1C1CC1. The normalized spacial score (nSPS) is 15.7. The molecule has 1 aromatic carbocycles. The van der Waals surface area contributed by atoms with E-state index < -0.39 is 0 Å². The lowest BCUT2D eigenvalue weighted by Crippen LogP contribution is -2.18. The Morgan fingerprint density at radius 2 is 2.22 bits per heavy atom. The van der Waals surface area contributed by atoms with E-state index >= 15 is 0 Å². The predicted molar refractivity (Wildman–Crippen MR) is 82.6 cm³/mol. The summed E-state index contributed by atoms with van der Waals surface area (Å²) < 4.78 is 15.6. The molecule has 1 aliphatic heterocycles. The highest BCUT2D eigenvalue weighted by Gasteiger charge is 2.31.